The minimum atomic E-state index is -0.386. The van der Waals surface area contributed by atoms with Crippen LogP contribution in [-0.4, -0.2) is 30.6 Å². The summed E-state index contributed by atoms with van der Waals surface area (Å²) in [6, 6.07) is 5.79. The monoisotopic (exact) mass is 339 g/mol. The van der Waals surface area contributed by atoms with Gasteiger partial charge in [0.1, 0.15) is 6.07 Å². The van der Waals surface area contributed by atoms with E-state index in [9.17, 15) is 4.39 Å². The van der Waals surface area contributed by atoms with E-state index in [0.29, 0.717) is 23.2 Å². The lowest BCUT2D eigenvalue weighted by Gasteiger charge is -2.20. The van der Waals surface area contributed by atoms with Crippen molar-refractivity contribution < 1.29 is 4.39 Å². The fraction of sp³-hybridized carbons (Fsp3) is 0.533. The maximum Gasteiger partial charge on any atom is 0.161 e. The van der Waals surface area contributed by atoms with Crippen LogP contribution < -0.4 is 5.32 Å². The third-order valence-corrected chi connectivity index (χ3v) is 4.61. The Bertz CT molecular complexity index is 525. The molecule has 0 saturated carbocycles. The van der Waals surface area contributed by atoms with Crippen molar-refractivity contribution in [3.63, 3.8) is 0 Å². The average Bonchev–Trinajstić information content (AvgIpc) is 2.89. The lowest BCUT2D eigenvalue weighted by molar-refractivity contribution is 0.266. The molecule has 1 aromatic carbocycles. The van der Waals surface area contributed by atoms with Gasteiger partial charge in [-0.05, 0) is 60.8 Å². The molecule has 0 radical (unpaired) electrons. The van der Waals surface area contributed by atoms with E-state index in [1.54, 1.807) is 12.1 Å². The second kappa shape index (κ2) is 6.55. The number of hydrogen-bond donors (Lipinski definition) is 1. The zero-order chi connectivity index (χ0) is 14.7. The molecule has 1 unspecified atom stereocenters. The Labute approximate surface area is 127 Å². The van der Waals surface area contributed by atoms with Crippen LogP contribution in [-0.2, 0) is 0 Å². The third kappa shape index (κ3) is 3.31. The first-order valence-electron chi connectivity index (χ1n) is 6.89. The van der Waals surface area contributed by atoms with Gasteiger partial charge in [-0.1, -0.05) is 0 Å². The molecule has 1 aliphatic rings. The highest BCUT2D eigenvalue weighted by Gasteiger charge is 2.24. The third-order valence-electron chi connectivity index (χ3n) is 3.83. The number of anilines is 1. The maximum absolute atomic E-state index is 14.1. The fourth-order valence-corrected chi connectivity index (χ4v) is 2.96. The quantitative estimate of drug-likeness (QED) is 0.910. The highest BCUT2D eigenvalue weighted by Crippen LogP contribution is 2.27. The second-order valence-electron chi connectivity index (χ2n) is 5.52. The number of halogens is 2. The van der Waals surface area contributed by atoms with Crippen LogP contribution in [0, 0.1) is 23.1 Å². The summed E-state index contributed by atoms with van der Waals surface area (Å²) in [6.07, 6.45) is 1.14. The molecule has 1 heterocycles. The Morgan fingerprint density at radius 1 is 1.55 bits per heavy atom. The molecule has 108 valence electrons. The minimum Gasteiger partial charge on any atom is -0.382 e. The van der Waals surface area contributed by atoms with Crippen molar-refractivity contribution in [3.8, 4) is 6.07 Å². The number of nitrogens with zero attached hydrogens (tertiary/aromatic N) is 2. The van der Waals surface area contributed by atoms with E-state index in [1.165, 1.54) is 0 Å². The number of likely N-dealkylation sites (tertiary alicyclic amines) is 1. The highest BCUT2D eigenvalue weighted by molar-refractivity contribution is 9.10. The molecule has 1 N–H and O–H groups in total. The van der Waals surface area contributed by atoms with Crippen LogP contribution in [0.5, 0.6) is 0 Å². The molecule has 0 aromatic heterocycles. The predicted molar refractivity (Wildman–Crippen MR) is 82.1 cm³/mol. The summed E-state index contributed by atoms with van der Waals surface area (Å²) >= 11 is 3.13. The van der Waals surface area contributed by atoms with Gasteiger partial charge in [0.25, 0.3) is 0 Å². The van der Waals surface area contributed by atoms with E-state index in [4.69, 9.17) is 5.26 Å². The minimum absolute atomic E-state index is 0.236. The smallest absolute Gasteiger partial charge is 0.161 e. The first-order valence-corrected chi connectivity index (χ1v) is 7.68. The molecule has 1 saturated heterocycles. The van der Waals surface area contributed by atoms with Gasteiger partial charge >= 0.3 is 0 Å². The maximum atomic E-state index is 14.1. The largest absolute Gasteiger partial charge is 0.382 e. The predicted octanol–water partition coefficient (Wildman–Crippen LogP) is 3.60. The molecule has 0 bridgehead atoms. The second-order valence-corrected chi connectivity index (χ2v) is 6.32. The zero-order valence-electron chi connectivity index (χ0n) is 11.8. The SMILES string of the molecule is CC(C)N1CCC(CNc2ccc(C#N)c(Br)c2F)C1. The fourth-order valence-electron chi connectivity index (χ4n) is 2.52. The first-order chi connectivity index (χ1) is 9.52. The van der Waals surface area contributed by atoms with Crippen molar-refractivity contribution in [2.75, 3.05) is 25.0 Å². The van der Waals surface area contributed by atoms with Crippen molar-refractivity contribution in [1.29, 1.82) is 5.26 Å². The van der Waals surface area contributed by atoms with Crippen molar-refractivity contribution >= 4 is 21.6 Å². The van der Waals surface area contributed by atoms with Gasteiger partial charge in [0.05, 0.1) is 15.7 Å². The van der Waals surface area contributed by atoms with Crippen LogP contribution in [0.15, 0.2) is 16.6 Å². The molecule has 1 aliphatic heterocycles. The zero-order valence-corrected chi connectivity index (χ0v) is 13.4. The van der Waals surface area contributed by atoms with E-state index in [1.807, 2.05) is 6.07 Å². The van der Waals surface area contributed by atoms with E-state index in [2.05, 4.69) is 40.0 Å². The van der Waals surface area contributed by atoms with Gasteiger partial charge in [-0.2, -0.15) is 5.26 Å². The van der Waals surface area contributed by atoms with E-state index >= 15 is 0 Å². The van der Waals surface area contributed by atoms with Crippen molar-refractivity contribution in [1.82, 2.24) is 4.90 Å². The molecule has 0 amide bonds. The van der Waals surface area contributed by atoms with Crippen LogP contribution in [0.25, 0.3) is 0 Å². The van der Waals surface area contributed by atoms with Crippen molar-refractivity contribution in [3.05, 3.63) is 28.0 Å². The summed E-state index contributed by atoms with van der Waals surface area (Å²) in [7, 11) is 0. The Morgan fingerprint density at radius 3 is 2.90 bits per heavy atom. The van der Waals surface area contributed by atoms with Crippen LogP contribution in [0.2, 0.25) is 0 Å². The summed E-state index contributed by atoms with van der Waals surface area (Å²) in [5.74, 6) is 0.161. The Morgan fingerprint density at radius 2 is 2.30 bits per heavy atom. The first kappa shape index (κ1) is 15.3. The van der Waals surface area contributed by atoms with Gasteiger partial charge in [-0.25, -0.2) is 4.39 Å². The topological polar surface area (TPSA) is 39.1 Å². The molecule has 1 aromatic rings. The van der Waals surface area contributed by atoms with Crippen molar-refractivity contribution in [2.45, 2.75) is 26.3 Å². The molecule has 0 aliphatic carbocycles. The molecule has 1 fully saturated rings. The van der Waals surface area contributed by atoms with Gasteiger partial charge < -0.3 is 10.2 Å². The molecular weight excluding hydrogens is 321 g/mol. The Balaban J connectivity index is 1.96. The number of rotatable bonds is 4. The van der Waals surface area contributed by atoms with Crippen LogP contribution in [0.4, 0.5) is 10.1 Å². The summed E-state index contributed by atoms with van der Waals surface area (Å²) in [6.45, 7) is 7.34. The van der Waals surface area contributed by atoms with Gasteiger partial charge in [0, 0.05) is 19.1 Å². The molecular formula is C15H19BrFN3. The van der Waals surface area contributed by atoms with Gasteiger partial charge in [-0.3, -0.25) is 0 Å². The summed E-state index contributed by atoms with van der Waals surface area (Å²) < 4.78 is 14.3. The average molecular weight is 340 g/mol. The number of benzene rings is 1. The van der Waals surface area contributed by atoms with Crippen LogP contribution in [0.1, 0.15) is 25.8 Å². The summed E-state index contributed by atoms with van der Waals surface area (Å²) in [5, 5.41) is 12.0. The standard InChI is InChI=1S/C15H19BrFN3/c1-10(2)20-6-5-11(9-20)8-19-13-4-3-12(7-18)14(16)15(13)17/h3-4,10-11,19H,5-6,8-9H2,1-2H3. The molecule has 3 nitrogen and oxygen atoms in total. The summed E-state index contributed by atoms with van der Waals surface area (Å²) in [5.41, 5.74) is 0.777. The summed E-state index contributed by atoms with van der Waals surface area (Å²) in [4.78, 5) is 2.44. The number of nitrogens with one attached hydrogen (secondary N) is 1. The lowest BCUT2D eigenvalue weighted by atomic mass is 10.1. The Kier molecular flexibility index (Phi) is 5.00. The normalized spacial score (nSPS) is 19.3. The molecule has 2 rings (SSSR count). The number of nitriles is 1. The number of hydrogen-bond acceptors (Lipinski definition) is 3. The van der Waals surface area contributed by atoms with Gasteiger partial charge in [0.2, 0.25) is 0 Å². The van der Waals surface area contributed by atoms with E-state index < -0.39 is 0 Å². The molecule has 1 atom stereocenters. The van der Waals surface area contributed by atoms with Crippen molar-refractivity contribution in [2.24, 2.45) is 5.92 Å². The van der Waals surface area contributed by atoms with Gasteiger partial charge in [-0.15, -0.1) is 0 Å². The highest BCUT2D eigenvalue weighted by atomic mass is 79.9. The lowest BCUT2D eigenvalue weighted by Crippen LogP contribution is -2.29. The van der Waals surface area contributed by atoms with Gasteiger partial charge in [0.15, 0.2) is 5.82 Å². The molecule has 5 heteroatoms. The van der Waals surface area contributed by atoms with Crippen LogP contribution in [0.3, 0.4) is 0 Å². The van der Waals surface area contributed by atoms with E-state index in [-0.39, 0.29) is 10.3 Å². The van der Waals surface area contributed by atoms with E-state index in [0.717, 1.165) is 26.1 Å². The molecule has 0 spiro atoms. The molecule has 20 heavy (non-hydrogen) atoms. The van der Waals surface area contributed by atoms with Crippen LogP contribution >= 0.6 is 15.9 Å². The Hall–Kier alpha value is -1.12.